The molecule has 3 heteroatoms. The van der Waals surface area contributed by atoms with Crippen LogP contribution in [0.5, 0.6) is 0 Å². The standard InChI is InChI=1S/C13H16BrNO/c1-8-3-6-11(14)7-12(8)15-13(16)9(2)10-4-5-10/h3,6-7,9-10H,4-5H2,1-2H3,(H,15,16). The second kappa shape index (κ2) is 4.58. The van der Waals surface area contributed by atoms with Crippen LogP contribution in [0.2, 0.25) is 0 Å². The van der Waals surface area contributed by atoms with Crippen molar-refractivity contribution in [3.05, 3.63) is 28.2 Å². The first-order chi connectivity index (χ1) is 7.58. The van der Waals surface area contributed by atoms with Gasteiger partial charge < -0.3 is 5.32 Å². The van der Waals surface area contributed by atoms with Crippen LogP contribution in [-0.4, -0.2) is 5.91 Å². The lowest BCUT2D eigenvalue weighted by atomic mass is 10.1. The number of rotatable bonds is 3. The Morgan fingerprint density at radius 2 is 2.19 bits per heavy atom. The fourth-order valence-corrected chi connectivity index (χ4v) is 2.15. The summed E-state index contributed by atoms with van der Waals surface area (Å²) < 4.78 is 0.993. The molecular formula is C13H16BrNO. The maximum atomic E-state index is 11.9. The fourth-order valence-electron chi connectivity index (χ4n) is 1.79. The molecular weight excluding hydrogens is 266 g/mol. The number of carbonyl (C=O) groups is 1. The molecule has 1 aromatic rings. The van der Waals surface area contributed by atoms with Crippen LogP contribution in [0, 0.1) is 18.8 Å². The number of benzene rings is 1. The summed E-state index contributed by atoms with van der Waals surface area (Å²) in [5, 5.41) is 3.00. The van der Waals surface area contributed by atoms with Crippen molar-refractivity contribution < 1.29 is 4.79 Å². The van der Waals surface area contributed by atoms with E-state index in [0.717, 1.165) is 15.7 Å². The van der Waals surface area contributed by atoms with Crippen molar-refractivity contribution in [3.8, 4) is 0 Å². The molecule has 0 radical (unpaired) electrons. The maximum absolute atomic E-state index is 11.9. The predicted molar refractivity (Wildman–Crippen MR) is 69.4 cm³/mol. The van der Waals surface area contributed by atoms with Gasteiger partial charge >= 0.3 is 0 Å². The molecule has 16 heavy (non-hydrogen) atoms. The number of amides is 1. The highest BCUT2D eigenvalue weighted by Crippen LogP contribution is 2.37. The van der Waals surface area contributed by atoms with Crippen molar-refractivity contribution in [2.75, 3.05) is 5.32 Å². The summed E-state index contributed by atoms with van der Waals surface area (Å²) in [5.74, 6) is 0.884. The van der Waals surface area contributed by atoms with Crippen molar-refractivity contribution in [2.45, 2.75) is 26.7 Å². The minimum atomic E-state index is 0.137. The van der Waals surface area contributed by atoms with E-state index < -0.39 is 0 Å². The molecule has 0 spiro atoms. The Hall–Kier alpha value is -0.830. The van der Waals surface area contributed by atoms with E-state index in [4.69, 9.17) is 0 Å². The quantitative estimate of drug-likeness (QED) is 0.899. The average Bonchev–Trinajstić information content (AvgIpc) is 3.06. The van der Waals surface area contributed by atoms with Gasteiger partial charge in [-0.25, -0.2) is 0 Å². The van der Waals surface area contributed by atoms with Crippen molar-refractivity contribution in [1.29, 1.82) is 0 Å². The normalized spacial score (nSPS) is 16.9. The summed E-state index contributed by atoms with van der Waals surface area (Å²) in [7, 11) is 0. The number of halogens is 1. The monoisotopic (exact) mass is 281 g/mol. The van der Waals surface area contributed by atoms with E-state index in [2.05, 4.69) is 21.2 Å². The van der Waals surface area contributed by atoms with E-state index >= 15 is 0 Å². The van der Waals surface area contributed by atoms with Gasteiger partial charge in [-0.1, -0.05) is 28.9 Å². The van der Waals surface area contributed by atoms with Crippen molar-refractivity contribution in [2.24, 2.45) is 11.8 Å². The summed E-state index contributed by atoms with van der Waals surface area (Å²) in [6.07, 6.45) is 2.40. The number of anilines is 1. The summed E-state index contributed by atoms with van der Waals surface area (Å²) in [5.41, 5.74) is 2.01. The van der Waals surface area contributed by atoms with Crippen LogP contribution >= 0.6 is 15.9 Å². The molecule has 2 nitrogen and oxygen atoms in total. The smallest absolute Gasteiger partial charge is 0.227 e. The van der Waals surface area contributed by atoms with Crippen molar-refractivity contribution in [1.82, 2.24) is 0 Å². The number of nitrogens with one attached hydrogen (secondary N) is 1. The Morgan fingerprint density at radius 1 is 1.50 bits per heavy atom. The molecule has 86 valence electrons. The van der Waals surface area contributed by atoms with E-state index in [1.54, 1.807) is 0 Å². The van der Waals surface area contributed by atoms with Crippen LogP contribution < -0.4 is 5.32 Å². The first-order valence-electron chi connectivity index (χ1n) is 5.65. The van der Waals surface area contributed by atoms with E-state index in [0.29, 0.717) is 5.92 Å². The zero-order valence-corrected chi connectivity index (χ0v) is 11.2. The Kier molecular flexibility index (Phi) is 3.33. The molecule has 1 unspecified atom stereocenters. The third-order valence-corrected chi connectivity index (χ3v) is 3.69. The zero-order chi connectivity index (χ0) is 11.7. The lowest BCUT2D eigenvalue weighted by Crippen LogP contribution is -2.22. The van der Waals surface area contributed by atoms with Crippen LogP contribution in [0.4, 0.5) is 5.69 Å². The van der Waals surface area contributed by atoms with Crippen LogP contribution in [0.25, 0.3) is 0 Å². The third-order valence-electron chi connectivity index (χ3n) is 3.20. The minimum absolute atomic E-state index is 0.137. The van der Waals surface area contributed by atoms with Gasteiger partial charge in [-0.2, -0.15) is 0 Å². The first-order valence-corrected chi connectivity index (χ1v) is 6.44. The first kappa shape index (κ1) is 11.6. The molecule has 0 heterocycles. The maximum Gasteiger partial charge on any atom is 0.227 e. The molecule has 0 aromatic heterocycles. The topological polar surface area (TPSA) is 29.1 Å². The Bertz CT molecular complexity index is 412. The predicted octanol–water partition coefficient (Wildman–Crippen LogP) is 3.74. The van der Waals surface area contributed by atoms with Crippen LogP contribution in [0.3, 0.4) is 0 Å². The summed E-state index contributed by atoms with van der Waals surface area (Å²) in [6.45, 7) is 4.02. The van der Waals surface area contributed by atoms with Gasteiger partial charge in [0.1, 0.15) is 0 Å². The number of carbonyl (C=O) groups excluding carboxylic acids is 1. The number of aryl methyl sites for hydroxylation is 1. The summed E-state index contributed by atoms with van der Waals surface area (Å²) in [6, 6.07) is 5.93. The Labute approximate surface area is 105 Å². The summed E-state index contributed by atoms with van der Waals surface area (Å²) >= 11 is 3.41. The van der Waals surface area contributed by atoms with Gasteiger partial charge in [0.05, 0.1) is 0 Å². The molecule has 0 aliphatic heterocycles. The Morgan fingerprint density at radius 3 is 2.81 bits per heavy atom. The van der Waals surface area contributed by atoms with Gasteiger partial charge in [0.25, 0.3) is 0 Å². The van der Waals surface area contributed by atoms with Gasteiger partial charge in [-0.05, 0) is 43.4 Å². The van der Waals surface area contributed by atoms with E-state index in [1.807, 2.05) is 32.0 Å². The van der Waals surface area contributed by atoms with Gasteiger partial charge in [0.15, 0.2) is 0 Å². The number of hydrogen-bond donors (Lipinski definition) is 1. The van der Waals surface area contributed by atoms with E-state index in [-0.39, 0.29) is 11.8 Å². The fraction of sp³-hybridized carbons (Fsp3) is 0.462. The van der Waals surface area contributed by atoms with Gasteiger partial charge in [-0.15, -0.1) is 0 Å². The molecule has 1 aliphatic carbocycles. The molecule has 2 rings (SSSR count). The highest BCUT2D eigenvalue weighted by atomic mass is 79.9. The second-order valence-corrected chi connectivity index (χ2v) is 5.49. The van der Waals surface area contributed by atoms with Crippen LogP contribution in [-0.2, 0) is 4.79 Å². The van der Waals surface area contributed by atoms with Crippen LogP contribution in [0.15, 0.2) is 22.7 Å². The molecule has 0 bridgehead atoms. The molecule has 1 aliphatic rings. The second-order valence-electron chi connectivity index (χ2n) is 4.57. The minimum Gasteiger partial charge on any atom is -0.326 e. The summed E-state index contributed by atoms with van der Waals surface area (Å²) in [4.78, 5) is 11.9. The number of hydrogen-bond acceptors (Lipinski definition) is 1. The van der Waals surface area contributed by atoms with Gasteiger partial charge in [0.2, 0.25) is 5.91 Å². The lowest BCUT2D eigenvalue weighted by molar-refractivity contribution is -0.119. The van der Waals surface area contributed by atoms with Crippen molar-refractivity contribution >= 4 is 27.5 Å². The molecule has 1 aromatic carbocycles. The van der Waals surface area contributed by atoms with Crippen LogP contribution in [0.1, 0.15) is 25.3 Å². The average molecular weight is 282 g/mol. The van der Waals surface area contributed by atoms with Gasteiger partial charge in [-0.3, -0.25) is 4.79 Å². The lowest BCUT2D eigenvalue weighted by Gasteiger charge is -2.13. The molecule has 1 N–H and O–H groups in total. The molecule has 1 fully saturated rings. The molecule has 0 saturated heterocycles. The highest BCUT2D eigenvalue weighted by Gasteiger charge is 2.32. The zero-order valence-electron chi connectivity index (χ0n) is 9.59. The van der Waals surface area contributed by atoms with E-state index in [1.165, 1.54) is 12.8 Å². The van der Waals surface area contributed by atoms with Gasteiger partial charge in [0, 0.05) is 16.1 Å². The molecule has 1 saturated carbocycles. The SMILES string of the molecule is Cc1ccc(Br)cc1NC(=O)C(C)C1CC1. The molecule has 1 amide bonds. The largest absolute Gasteiger partial charge is 0.326 e. The van der Waals surface area contributed by atoms with E-state index in [9.17, 15) is 4.79 Å². The Balaban J connectivity index is 2.07. The van der Waals surface area contributed by atoms with Crippen molar-refractivity contribution in [3.63, 3.8) is 0 Å². The molecule has 1 atom stereocenters. The third kappa shape index (κ3) is 2.64. The highest BCUT2D eigenvalue weighted by molar-refractivity contribution is 9.10.